The number of amides is 1. The number of allylic oxidation sites excluding steroid dienone is 1. The van der Waals surface area contributed by atoms with Gasteiger partial charge < -0.3 is 15.2 Å². The van der Waals surface area contributed by atoms with E-state index in [1.54, 1.807) is 18.2 Å². The molecule has 0 aliphatic rings. The number of ether oxygens (including phenoxy) is 1. The van der Waals surface area contributed by atoms with E-state index in [0.29, 0.717) is 29.1 Å². The number of nitrogens with one attached hydrogen (secondary N) is 1. The Morgan fingerprint density at radius 3 is 2.38 bits per heavy atom. The monoisotopic (exact) mass is 480 g/mol. The van der Waals surface area contributed by atoms with Crippen LogP contribution in [0.2, 0.25) is 0 Å². The molecule has 1 atom stereocenters. The fraction of sp³-hybridized carbons (Fsp3) is 0.280. The number of carbonyl (C=O) groups is 2. The zero-order chi connectivity index (χ0) is 24.7. The van der Waals surface area contributed by atoms with Crippen molar-refractivity contribution >= 4 is 29.3 Å². The summed E-state index contributed by atoms with van der Waals surface area (Å²) in [5, 5.41) is 20.8. The van der Waals surface area contributed by atoms with E-state index in [9.17, 15) is 9.59 Å². The summed E-state index contributed by atoms with van der Waals surface area (Å²) in [6.45, 7) is 10.5. The van der Waals surface area contributed by atoms with E-state index in [1.165, 1.54) is 29.5 Å². The van der Waals surface area contributed by atoms with E-state index in [1.807, 2.05) is 23.6 Å². The van der Waals surface area contributed by atoms with E-state index in [0.717, 1.165) is 5.75 Å². The summed E-state index contributed by atoms with van der Waals surface area (Å²) in [6, 6.07) is 14.0. The number of nitrogens with zero attached hydrogens (tertiary/aromatic N) is 3. The van der Waals surface area contributed by atoms with Crippen LogP contribution in [0.5, 0.6) is 5.75 Å². The molecule has 0 spiro atoms. The maximum Gasteiger partial charge on any atom is 0.335 e. The number of anilines is 1. The molecule has 2 N–H and O–H groups in total. The van der Waals surface area contributed by atoms with Crippen LogP contribution in [0.25, 0.3) is 0 Å². The van der Waals surface area contributed by atoms with Gasteiger partial charge in [-0.3, -0.25) is 9.36 Å². The Bertz CT molecular complexity index is 1140. The highest BCUT2D eigenvalue weighted by molar-refractivity contribution is 7.99. The smallest absolute Gasteiger partial charge is 0.335 e. The fourth-order valence-corrected chi connectivity index (χ4v) is 3.97. The van der Waals surface area contributed by atoms with Crippen LogP contribution in [0.3, 0.4) is 0 Å². The molecule has 0 radical (unpaired) electrons. The number of aromatic nitrogens is 3. The predicted octanol–water partition coefficient (Wildman–Crippen LogP) is 5.16. The number of hydrogen-bond acceptors (Lipinski definition) is 6. The van der Waals surface area contributed by atoms with Crippen LogP contribution in [0.15, 0.2) is 66.3 Å². The second-order valence-electron chi connectivity index (χ2n) is 7.94. The molecule has 1 amide bonds. The summed E-state index contributed by atoms with van der Waals surface area (Å²) >= 11 is 1.25. The van der Waals surface area contributed by atoms with Crippen molar-refractivity contribution < 1.29 is 19.4 Å². The number of carboxylic acids is 1. The Morgan fingerprint density at radius 2 is 1.79 bits per heavy atom. The number of rotatable bonds is 11. The van der Waals surface area contributed by atoms with E-state index in [-0.39, 0.29) is 23.3 Å². The second kappa shape index (κ2) is 11.5. The van der Waals surface area contributed by atoms with Crippen molar-refractivity contribution in [3.8, 4) is 5.75 Å². The maximum absolute atomic E-state index is 12.4. The SMILES string of the molecule is C=CCn1c(SCC(=O)Nc2ccc(C(=O)O)cc2)nnc1C(C)Oc1ccc(C(C)C)cc1. The van der Waals surface area contributed by atoms with Crippen LogP contribution in [-0.4, -0.2) is 37.5 Å². The molecule has 0 aliphatic heterocycles. The third-order valence-corrected chi connectivity index (χ3v) is 6.00. The van der Waals surface area contributed by atoms with Crippen molar-refractivity contribution in [2.75, 3.05) is 11.1 Å². The standard InChI is InChI=1S/C25H28N4O4S/c1-5-14-29-23(17(4)33-21-12-8-18(9-13-21)16(2)3)27-28-25(29)34-15-22(30)26-20-10-6-19(7-11-20)24(31)32/h5-13,16-17H,1,14-15H2,2-4H3,(H,26,30)(H,31,32). The molecule has 1 heterocycles. The lowest BCUT2D eigenvalue weighted by Gasteiger charge is -2.16. The van der Waals surface area contributed by atoms with Crippen molar-refractivity contribution in [1.82, 2.24) is 14.8 Å². The molecule has 3 rings (SSSR count). The van der Waals surface area contributed by atoms with Gasteiger partial charge in [0.05, 0.1) is 11.3 Å². The van der Waals surface area contributed by atoms with Gasteiger partial charge in [0, 0.05) is 12.2 Å². The maximum atomic E-state index is 12.4. The molecule has 1 aromatic heterocycles. The van der Waals surface area contributed by atoms with Crippen molar-refractivity contribution in [3.63, 3.8) is 0 Å². The minimum atomic E-state index is -1.02. The van der Waals surface area contributed by atoms with Crippen LogP contribution >= 0.6 is 11.8 Å². The Hall–Kier alpha value is -3.59. The van der Waals surface area contributed by atoms with Crippen LogP contribution in [0.1, 0.15) is 54.5 Å². The molecule has 0 saturated heterocycles. The second-order valence-corrected chi connectivity index (χ2v) is 8.89. The summed E-state index contributed by atoms with van der Waals surface area (Å²) < 4.78 is 7.95. The third kappa shape index (κ3) is 6.48. The Morgan fingerprint density at radius 1 is 1.12 bits per heavy atom. The van der Waals surface area contributed by atoms with Gasteiger partial charge in [-0.25, -0.2) is 4.79 Å². The van der Waals surface area contributed by atoms with Gasteiger partial charge in [0.25, 0.3) is 0 Å². The van der Waals surface area contributed by atoms with Crippen LogP contribution in [0, 0.1) is 0 Å². The predicted molar refractivity (Wildman–Crippen MR) is 133 cm³/mol. The molecule has 3 aromatic rings. The molecular formula is C25H28N4O4S. The number of thioether (sulfide) groups is 1. The van der Waals surface area contributed by atoms with Gasteiger partial charge in [0.2, 0.25) is 5.91 Å². The first kappa shape index (κ1) is 25.0. The minimum Gasteiger partial charge on any atom is -0.483 e. The fourth-order valence-electron chi connectivity index (χ4n) is 3.22. The van der Waals surface area contributed by atoms with Crippen molar-refractivity contribution in [1.29, 1.82) is 0 Å². The highest BCUT2D eigenvalue weighted by Crippen LogP contribution is 2.26. The van der Waals surface area contributed by atoms with E-state index < -0.39 is 5.97 Å². The zero-order valence-electron chi connectivity index (χ0n) is 19.4. The van der Waals surface area contributed by atoms with Crippen LogP contribution in [-0.2, 0) is 11.3 Å². The molecule has 0 saturated carbocycles. The van der Waals surface area contributed by atoms with Crippen molar-refractivity contribution in [2.45, 2.75) is 44.5 Å². The number of carbonyl (C=O) groups excluding carboxylic acids is 1. The van der Waals surface area contributed by atoms with Crippen LogP contribution in [0.4, 0.5) is 5.69 Å². The number of carboxylic acid groups (broad SMARTS) is 1. The van der Waals surface area contributed by atoms with Gasteiger partial charge >= 0.3 is 5.97 Å². The highest BCUT2D eigenvalue weighted by Gasteiger charge is 2.20. The lowest BCUT2D eigenvalue weighted by molar-refractivity contribution is -0.113. The first-order chi connectivity index (χ1) is 16.3. The molecule has 178 valence electrons. The summed E-state index contributed by atoms with van der Waals surface area (Å²) in [5.41, 5.74) is 1.92. The first-order valence-corrected chi connectivity index (χ1v) is 11.8. The molecule has 34 heavy (non-hydrogen) atoms. The van der Waals surface area contributed by atoms with Gasteiger partial charge in [-0.1, -0.05) is 43.8 Å². The van der Waals surface area contributed by atoms with Gasteiger partial charge in [0.1, 0.15) is 5.75 Å². The Balaban J connectivity index is 1.63. The average Bonchev–Trinajstić information content (AvgIpc) is 3.21. The normalized spacial score (nSPS) is 11.8. The Kier molecular flexibility index (Phi) is 8.48. The van der Waals surface area contributed by atoms with Gasteiger partial charge in [0.15, 0.2) is 17.1 Å². The van der Waals surface area contributed by atoms with Gasteiger partial charge in [-0.15, -0.1) is 16.8 Å². The number of benzene rings is 2. The number of aromatic carboxylic acids is 1. The van der Waals surface area contributed by atoms with Crippen molar-refractivity contribution in [2.24, 2.45) is 0 Å². The molecule has 9 heteroatoms. The lowest BCUT2D eigenvalue weighted by Crippen LogP contribution is -2.15. The summed E-state index contributed by atoms with van der Waals surface area (Å²) in [7, 11) is 0. The molecule has 1 unspecified atom stereocenters. The van der Waals surface area contributed by atoms with Crippen molar-refractivity contribution in [3.05, 3.63) is 78.1 Å². The van der Waals surface area contributed by atoms with E-state index in [4.69, 9.17) is 9.84 Å². The third-order valence-electron chi connectivity index (χ3n) is 5.03. The lowest BCUT2D eigenvalue weighted by atomic mass is 10.0. The quantitative estimate of drug-likeness (QED) is 0.288. The van der Waals surface area contributed by atoms with E-state index >= 15 is 0 Å². The minimum absolute atomic E-state index is 0.113. The van der Waals surface area contributed by atoms with E-state index in [2.05, 4.69) is 48.1 Å². The molecular weight excluding hydrogens is 452 g/mol. The molecule has 0 fully saturated rings. The van der Waals surface area contributed by atoms with Gasteiger partial charge in [-0.05, 0) is 54.8 Å². The Labute approximate surface area is 203 Å². The van der Waals surface area contributed by atoms with Crippen LogP contribution < -0.4 is 10.1 Å². The average molecular weight is 481 g/mol. The molecule has 8 nitrogen and oxygen atoms in total. The summed E-state index contributed by atoms with van der Waals surface area (Å²) in [6.07, 6.45) is 1.39. The first-order valence-electron chi connectivity index (χ1n) is 10.8. The highest BCUT2D eigenvalue weighted by atomic mass is 32.2. The summed E-state index contributed by atoms with van der Waals surface area (Å²) in [4.78, 5) is 23.3. The summed E-state index contributed by atoms with van der Waals surface area (Å²) in [5.74, 6) is 0.687. The molecule has 0 aliphatic carbocycles. The largest absolute Gasteiger partial charge is 0.483 e. The molecule has 2 aromatic carbocycles. The topological polar surface area (TPSA) is 106 Å². The van der Waals surface area contributed by atoms with Gasteiger partial charge in [-0.2, -0.15) is 0 Å². The number of hydrogen-bond donors (Lipinski definition) is 2. The molecule has 0 bridgehead atoms. The zero-order valence-corrected chi connectivity index (χ0v) is 20.2.